The summed E-state index contributed by atoms with van der Waals surface area (Å²) in [5, 5.41) is 20.0. The van der Waals surface area contributed by atoms with E-state index in [4.69, 9.17) is 9.47 Å². The molecule has 1 aromatic heterocycles. The van der Waals surface area contributed by atoms with Crippen LogP contribution in [-0.2, 0) is 6.61 Å². The van der Waals surface area contributed by atoms with Gasteiger partial charge in [-0.2, -0.15) is 0 Å². The molecule has 0 radical (unpaired) electrons. The fourth-order valence-corrected chi connectivity index (χ4v) is 4.89. The van der Waals surface area contributed by atoms with Crippen LogP contribution in [0.3, 0.4) is 0 Å². The topological polar surface area (TPSA) is 92.3 Å². The molecule has 10 heteroatoms. The zero-order valence-electron chi connectivity index (χ0n) is 19.8. The second-order valence-electron chi connectivity index (χ2n) is 7.83. The Kier molecular flexibility index (Phi) is 8.17. The molecular formula is C26H25FN4O4S. The first-order valence-electron chi connectivity index (χ1n) is 11.3. The number of aromatic nitrogens is 3. The average Bonchev–Trinajstić information content (AvgIpc) is 3.23. The van der Waals surface area contributed by atoms with Gasteiger partial charge in [-0.1, -0.05) is 48.2 Å². The van der Waals surface area contributed by atoms with Gasteiger partial charge in [0.05, 0.1) is 6.61 Å². The third kappa shape index (κ3) is 6.01. The number of nitrogens with zero attached hydrogens (tertiary/aromatic N) is 4. The number of para-hydroxylation sites is 1. The molecule has 0 spiro atoms. The van der Waals surface area contributed by atoms with Gasteiger partial charge in [-0.3, -0.25) is 14.7 Å². The molecule has 0 aliphatic rings. The number of halogens is 1. The zero-order chi connectivity index (χ0) is 25.5. The molecule has 4 rings (SSSR count). The molecule has 0 aliphatic heterocycles. The number of thioether (sulfide) groups is 1. The molecule has 0 bridgehead atoms. The Hall–Kier alpha value is -3.92. The highest BCUT2D eigenvalue weighted by atomic mass is 32.2. The van der Waals surface area contributed by atoms with Crippen molar-refractivity contribution in [3.05, 3.63) is 106 Å². The zero-order valence-corrected chi connectivity index (χ0v) is 20.7. The van der Waals surface area contributed by atoms with Gasteiger partial charge >= 0.3 is 0 Å². The summed E-state index contributed by atoms with van der Waals surface area (Å²) in [7, 11) is 0. The normalized spacial score (nSPS) is 11.8. The van der Waals surface area contributed by atoms with Crippen LogP contribution in [0.5, 0.6) is 11.5 Å². The minimum atomic E-state index is -0.623. The van der Waals surface area contributed by atoms with Gasteiger partial charge in [0.25, 0.3) is 0 Å². The Morgan fingerprint density at radius 1 is 1.03 bits per heavy atom. The van der Waals surface area contributed by atoms with Crippen LogP contribution in [0.2, 0.25) is 0 Å². The van der Waals surface area contributed by atoms with Gasteiger partial charge in [0.1, 0.15) is 35.0 Å². The Morgan fingerprint density at radius 2 is 1.75 bits per heavy atom. The molecule has 186 valence electrons. The van der Waals surface area contributed by atoms with Gasteiger partial charge in [0.2, 0.25) is 6.54 Å². The van der Waals surface area contributed by atoms with Crippen molar-refractivity contribution in [2.45, 2.75) is 30.9 Å². The fraction of sp³-hybridized carbons (Fsp3) is 0.231. The van der Waals surface area contributed by atoms with Crippen LogP contribution in [0.4, 0.5) is 4.39 Å². The van der Waals surface area contributed by atoms with Crippen molar-refractivity contribution in [1.82, 2.24) is 14.8 Å². The van der Waals surface area contributed by atoms with Gasteiger partial charge in [0.15, 0.2) is 5.16 Å². The van der Waals surface area contributed by atoms with Gasteiger partial charge in [-0.05, 0) is 50.2 Å². The van der Waals surface area contributed by atoms with E-state index in [0.717, 1.165) is 11.4 Å². The minimum absolute atomic E-state index is 0.001000. The van der Waals surface area contributed by atoms with Crippen molar-refractivity contribution in [1.29, 1.82) is 0 Å². The standard InChI is InChI=1S/C26H25FN4O4S/c1-3-34-21-14-12-20(13-15-21)31-18(2)28-29-26(31)36-25(16-30(32)33)22-9-5-7-11-24(22)35-17-19-8-4-6-10-23(19)27/h4-15,25H,3,16-17H2,1-2H3/t25-/m1/s1. The van der Waals surface area contributed by atoms with Crippen molar-refractivity contribution >= 4 is 11.8 Å². The average molecular weight is 509 g/mol. The lowest BCUT2D eigenvalue weighted by Gasteiger charge is -2.18. The highest BCUT2D eigenvalue weighted by Crippen LogP contribution is 2.40. The lowest BCUT2D eigenvalue weighted by Crippen LogP contribution is -2.12. The van der Waals surface area contributed by atoms with Gasteiger partial charge < -0.3 is 9.47 Å². The second kappa shape index (κ2) is 11.7. The summed E-state index contributed by atoms with van der Waals surface area (Å²) < 4.78 is 27.4. The molecule has 8 nitrogen and oxygen atoms in total. The maximum Gasteiger partial charge on any atom is 0.220 e. The number of hydrogen-bond acceptors (Lipinski definition) is 7. The third-order valence-corrected chi connectivity index (χ3v) is 6.53. The Labute approximate surface area is 212 Å². The van der Waals surface area contributed by atoms with Crippen LogP contribution in [0.15, 0.2) is 78.0 Å². The van der Waals surface area contributed by atoms with E-state index in [1.54, 1.807) is 42.5 Å². The first-order valence-corrected chi connectivity index (χ1v) is 12.2. The minimum Gasteiger partial charge on any atom is -0.494 e. The van der Waals surface area contributed by atoms with E-state index in [9.17, 15) is 14.5 Å². The molecule has 1 atom stereocenters. The van der Waals surface area contributed by atoms with E-state index in [0.29, 0.717) is 34.5 Å². The largest absolute Gasteiger partial charge is 0.494 e. The summed E-state index contributed by atoms with van der Waals surface area (Å²) >= 11 is 1.23. The summed E-state index contributed by atoms with van der Waals surface area (Å²) in [5.74, 6) is 1.47. The van der Waals surface area contributed by atoms with E-state index < -0.39 is 5.25 Å². The van der Waals surface area contributed by atoms with Crippen molar-refractivity contribution in [3.8, 4) is 17.2 Å². The first-order chi connectivity index (χ1) is 17.5. The molecule has 36 heavy (non-hydrogen) atoms. The molecule has 0 saturated carbocycles. The Morgan fingerprint density at radius 3 is 2.47 bits per heavy atom. The molecule has 1 heterocycles. The van der Waals surface area contributed by atoms with Crippen molar-refractivity contribution in [2.24, 2.45) is 0 Å². The van der Waals surface area contributed by atoms with E-state index in [-0.39, 0.29) is 23.9 Å². The molecule has 0 amide bonds. The monoisotopic (exact) mass is 508 g/mol. The fourth-order valence-electron chi connectivity index (χ4n) is 3.69. The molecule has 0 fully saturated rings. The number of ether oxygens (including phenoxy) is 2. The number of benzene rings is 3. The van der Waals surface area contributed by atoms with Gasteiger partial charge in [-0.15, -0.1) is 10.2 Å². The summed E-state index contributed by atoms with van der Waals surface area (Å²) in [6.45, 7) is 3.94. The highest BCUT2D eigenvalue weighted by molar-refractivity contribution is 7.99. The summed E-state index contributed by atoms with van der Waals surface area (Å²) in [5.41, 5.74) is 1.83. The first kappa shape index (κ1) is 25.2. The SMILES string of the molecule is CCOc1ccc(-n2c(C)nnc2S[C@H](C[N+](=O)[O-])c2ccccc2OCc2ccccc2F)cc1. The maximum atomic E-state index is 14.1. The van der Waals surface area contributed by atoms with Gasteiger partial charge in [-0.25, -0.2) is 4.39 Å². The lowest BCUT2D eigenvalue weighted by atomic mass is 10.1. The molecule has 0 aliphatic carbocycles. The van der Waals surface area contributed by atoms with Crippen molar-refractivity contribution < 1.29 is 18.8 Å². The summed E-state index contributed by atoms with van der Waals surface area (Å²) in [4.78, 5) is 11.2. The summed E-state index contributed by atoms with van der Waals surface area (Å²) in [6, 6.07) is 20.9. The van der Waals surface area contributed by atoms with Crippen LogP contribution in [0.1, 0.15) is 29.1 Å². The molecule has 0 saturated heterocycles. The van der Waals surface area contributed by atoms with Gasteiger partial charge in [0, 0.05) is 21.7 Å². The number of hydrogen-bond donors (Lipinski definition) is 0. The predicted octanol–water partition coefficient (Wildman–Crippen LogP) is 5.80. The van der Waals surface area contributed by atoms with E-state index >= 15 is 0 Å². The summed E-state index contributed by atoms with van der Waals surface area (Å²) in [6.07, 6.45) is 0. The molecule has 4 aromatic rings. The number of rotatable bonds is 11. The number of nitro groups is 1. The number of aryl methyl sites for hydroxylation is 1. The van der Waals surface area contributed by atoms with Crippen LogP contribution in [0.25, 0.3) is 5.69 Å². The Balaban J connectivity index is 1.63. The van der Waals surface area contributed by atoms with Crippen LogP contribution in [-0.4, -0.2) is 32.8 Å². The van der Waals surface area contributed by atoms with Crippen molar-refractivity contribution in [2.75, 3.05) is 13.2 Å². The quantitative estimate of drug-likeness (QED) is 0.144. The van der Waals surface area contributed by atoms with Crippen LogP contribution in [0, 0.1) is 22.9 Å². The van der Waals surface area contributed by atoms with Crippen molar-refractivity contribution in [3.63, 3.8) is 0 Å². The molecule has 0 unspecified atom stereocenters. The predicted molar refractivity (Wildman–Crippen MR) is 135 cm³/mol. The van der Waals surface area contributed by atoms with E-state index in [1.165, 1.54) is 17.8 Å². The molecule has 0 N–H and O–H groups in total. The molecular weight excluding hydrogens is 483 g/mol. The third-order valence-electron chi connectivity index (χ3n) is 5.37. The van der Waals surface area contributed by atoms with Crippen LogP contribution >= 0.6 is 11.8 Å². The smallest absolute Gasteiger partial charge is 0.220 e. The highest BCUT2D eigenvalue weighted by Gasteiger charge is 2.26. The van der Waals surface area contributed by atoms with E-state index in [1.807, 2.05) is 42.7 Å². The Bertz CT molecular complexity index is 1330. The second-order valence-corrected chi connectivity index (χ2v) is 9.00. The van der Waals surface area contributed by atoms with E-state index in [2.05, 4.69) is 10.2 Å². The molecule has 3 aromatic carbocycles. The van der Waals surface area contributed by atoms with Crippen LogP contribution < -0.4 is 9.47 Å². The maximum absolute atomic E-state index is 14.1. The lowest BCUT2D eigenvalue weighted by molar-refractivity contribution is -0.479.